The second-order valence-corrected chi connectivity index (χ2v) is 11.4. The van der Waals surface area contributed by atoms with E-state index in [0.29, 0.717) is 23.0 Å². The number of aliphatic hydroxyl groups excluding tert-OH is 1. The Morgan fingerprint density at radius 3 is 2.26 bits per heavy atom. The van der Waals surface area contributed by atoms with Crippen LogP contribution in [0.2, 0.25) is 0 Å². The second-order valence-electron chi connectivity index (χ2n) is 11.4. The van der Waals surface area contributed by atoms with E-state index in [0.717, 1.165) is 11.4 Å². The van der Waals surface area contributed by atoms with Gasteiger partial charge in [0.1, 0.15) is 30.0 Å². The number of nitrogens with zero attached hydrogens (tertiary/aromatic N) is 1. The molecule has 1 aliphatic carbocycles. The highest BCUT2D eigenvalue weighted by Gasteiger charge is 2.67. The molecule has 9 nitrogen and oxygen atoms in total. The minimum atomic E-state index is -1.72. The van der Waals surface area contributed by atoms with Crippen molar-refractivity contribution in [1.29, 1.82) is 0 Å². The van der Waals surface area contributed by atoms with Crippen LogP contribution in [-0.2, 0) is 20.9 Å². The maximum atomic E-state index is 14.0. The third-order valence-corrected chi connectivity index (χ3v) is 8.90. The third kappa shape index (κ3) is 4.89. The van der Waals surface area contributed by atoms with E-state index >= 15 is 0 Å². The number of benzene rings is 3. The molecule has 3 fully saturated rings. The van der Waals surface area contributed by atoms with Crippen LogP contribution in [0.4, 0.5) is 17.1 Å². The molecule has 3 heterocycles. The standard InChI is InChI=1S/C34H32N2O7/c37-19-26-15-16-29(42-26)30-18-28-31-27(17-21(34(28,40)43-30)20-41-25-9-5-2-6-10-25)32(38)36(33(31)39)24-13-11-23(12-14-24)35-22-7-3-1-4-8-22/h1-16,21,27-28,30-31,35,37,40H,17-20H2/t21-,27+,28+,30+,31+,34-/m1/s1. The van der Waals surface area contributed by atoms with Gasteiger partial charge in [0, 0.05) is 23.2 Å². The largest absolute Gasteiger partial charge is 0.493 e. The van der Waals surface area contributed by atoms with Gasteiger partial charge in [0.05, 0.1) is 24.1 Å². The van der Waals surface area contributed by atoms with E-state index in [2.05, 4.69) is 5.32 Å². The van der Waals surface area contributed by atoms with E-state index in [1.165, 1.54) is 4.90 Å². The fraction of sp³-hybridized carbons (Fsp3) is 0.294. The van der Waals surface area contributed by atoms with E-state index in [9.17, 15) is 19.8 Å². The molecule has 1 aromatic heterocycles. The van der Waals surface area contributed by atoms with Gasteiger partial charge in [-0.15, -0.1) is 0 Å². The van der Waals surface area contributed by atoms with Gasteiger partial charge in [-0.25, -0.2) is 0 Å². The van der Waals surface area contributed by atoms with Gasteiger partial charge < -0.3 is 29.4 Å². The highest BCUT2D eigenvalue weighted by molar-refractivity contribution is 6.22. The van der Waals surface area contributed by atoms with Crippen molar-refractivity contribution in [2.45, 2.75) is 31.3 Å². The van der Waals surface area contributed by atoms with Gasteiger partial charge in [0.25, 0.3) is 0 Å². The molecule has 43 heavy (non-hydrogen) atoms. The number of hydrogen-bond acceptors (Lipinski definition) is 8. The monoisotopic (exact) mass is 580 g/mol. The van der Waals surface area contributed by atoms with E-state index in [-0.39, 0.29) is 37.9 Å². The summed E-state index contributed by atoms with van der Waals surface area (Å²) in [6, 6.07) is 29.5. The molecule has 2 aliphatic heterocycles. The van der Waals surface area contributed by atoms with Crippen LogP contribution < -0.4 is 15.0 Å². The summed E-state index contributed by atoms with van der Waals surface area (Å²) >= 11 is 0. The highest BCUT2D eigenvalue weighted by Crippen LogP contribution is 2.58. The van der Waals surface area contributed by atoms with Crippen LogP contribution >= 0.6 is 0 Å². The number of ether oxygens (including phenoxy) is 2. The first kappa shape index (κ1) is 27.4. The number of furan rings is 1. The molecule has 0 bridgehead atoms. The zero-order chi connectivity index (χ0) is 29.6. The molecule has 0 unspecified atom stereocenters. The molecule has 3 aromatic carbocycles. The minimum Gasteiger partial charge on any atom is -0.493 e. The SMILES string of the molecule is O=C1[C@H]2[C@H](C[C@H](COc3ccccc3)[C@@]3(O)O[C@H](c4ccc(CO)o4)C[C@@H]23)C(=O)N1c1ccc(Nc2ccccc2)cc1. The van der Waals surface area contributed by atoms with Crippen LogP contribution in [-0.4, -0.2) is 34.4 Å². The maximum Gasteiger partial charge on any atom is 0.238 e. The van der Waals surface area contributed by atoms with Gasteiger partial charge in [-0.3, -0.25) is 14.5 Å². The molecule has 2 amide bonds. The lowest BCUT2D eigenvalue weighted by Gasteiger charge is -2.44. The van der Waals surface area contributed by atoms with Crippen molar-refractivity contribution in [3.05, 3.63) is 109 Å². The average molecular weight is 581 g/mol. The predicted octanol–water partition coefficient (Wildman–Crippen LogP) is 5.19. The van der Waals surface area contributed by atoms with E-state index < -0.39 is 35.6 Å². The summed E-state index contributed by atoms with van der Waals surface area (Å²) in [4.78, 5) is 29.2. The van der Waals surface area contributed by atoms with Crippen molar-refractivity contribution >= 4 is 28.9 Å². The summed E-state index contributed by atoms with van der Waals surface area (Å²) in [7, 11) is 0. The van der Waals surface area contributed by atoms with Crippen LogP contribution in [0.3, 0.4) is 0 Å². The Hall–Kier alpha value is -4.44. The zero-order valence-corrected chi connectivity index (χ0v) is 23.3. The van der Waals surface area contributed by atoms with Gasteiger partial charge in [-0.2, -0.15) is 0 Å². The van der Waals surface area contributed by atoms with E-state index in [1.54, 1.807) is 24.3 Å². The predicted molar refractivity (Wildman–Crippen MR) is 157 cm³/mol. The Labute approximate surface area is 248 Å². The molecule has 2 saturated heterocycles. The first-order valence-electron chi connectivity index (χ1n) is 14.5. The minimum absolute atomic E-state index is 0.105. The molecule has 9 heteroatoms. The second kappa shape index (κ2) is 11.0. The van der Waals surface area contributed by atoms with Crippen molar-refractivity contribution in [1.82, 2.24) is 0 Å². The van der Waals surface area contributed by atoms with Crippen molar-refractivity contribution in [3.8, 4) is 5.75 Å². The lowest BCUT2D eigenvalue weighted by molar-refractivity contribution is -0.274. The number of para-hydroxylation sites is 2. The van der Waals surface area contributed by atoms with Gasteiger partial charge in [0.15, 0.2) is 5.79 Å². The smallest absolute Gasteiger partial charge is 0.238 e. The number of anilines is 3. The first-order valence-corrected chi connectivity index (χ1v) is 14.5. The number of nitrogens with one attached hydrogen (secondary N) is 1. The molecule has 3 N–H and O–H groups in total. The summed E-state index contributed by atoms with van der Waals surface area (Å²) in [6.07, 6.45) is -0.134. The fourth-order valence-electron chi connectivity index (χ4n) is 6.85. The van der Waals surface area contributed by atoms with Crippen molar-refractivity contribution in [2.75, 3.05) is 16.8 Å². The van der Waals surface area contributed by atoms with Gasteiger partial charge in [-0.1, -0.05) is 36.4 Å². The van der Waals surface area contributed by atoms with Gasteiger partial charge in [-0.05, 0) is 73.5 Å². The van der Waals surface area contributed by atoms with Crippen molar-refractivity contribution in [2.24, 2.45) is 23.7 Å². The third-order valence-electron chi connectivity index (χ3n) is 8.90. The number of hydrogen-bond donors (Lipinski definition) is 3. The number of fused-ring (bicyclic) bond motifs is 3. The summed E-state index contributed by atoms with van der Waals surface area (Å²) in [5.41, 5.74) is 2.24. The average Bonchev–Trinajstić information content (AvgIpc) is 3.72. The highest BCUT2D eigenvalue weighted by atomic mass is 16.6. The summed E-state index contributed by atoms with van der Waals surface area (Å²) in [6.45, 7) is -0.158. The number of imide groups is 1. The molecule has 0 radical (unpaired) electrons. The number of aliphatic hydroxyl groups is 2. The molecular weight excluding hydrogens is 548 g/mol. The van der Waals surface area contributed by atoms with Gasteiger partial charge >= 0.3 is 0 Å². The van der Waals surface area contributed by atoms with E-state index in [4.69, 9.17) is 13.9 Å². The molecule has 7 rings (SSSR count). The Morgan fingerprint density at radius 1 is 0.860 bits per heavy atom. The topological polar surface area (TPSA) is 121 Å². The zero-order valence-electron chi connectivity index (χ0n) is 23.3. The quantitative estimate of drug-likeness (QED) is 0.244. The molecule has 6 atom stereocenters. The van der Waals surface area contributed by atoms with Crippen LogP contribution in [0.25, 0.3) is 0 Å². The summed E-state index contributed by atoms with van der Waals surface area (Å²) < 4.78 is 18.1. The molecule has 3 aliphatic rings. The summed E-state index contributed by atoms with van der Waals surface area (Å²) in [5, 5.41) is 25.0. The number of rotatable bonds is 8. The number of carbonyl (C=O) groups is 2. The maximum absolute atomic E-state index is 14.0. The van der Waals surface area contributed by atoms with Crippen molar-refractivity contribution < 1.29 is 33.7 Å². The van der Waals surface area contributed by atoms with Crippen LogP contribution in [0.15, 0.2) is 101 Å². The van der Waals surface area contributed by atoms with Crippen molar-refractivity contribution in [3.63, 3.8) is 0 Å². The fourth-order valence-corrected chi connectivity index (χ4v) is 6.85. The Balaban J connectivity index is 1.17. The first-order chi connectivity index (χ1) is 20.9. The lowest BCUT2D eigenvalue weighted by Crippen LogP contribution is -2.55. The molecule has 4 aromatic rings. The number of carbonyl (C=O) groups excluding carboxylic acids is 2. The lowest BCUT2D eigenvalue weighted by atomic mass is 9.64. The van der Waals surface area contributed by atoms with E-state index in [1.807, 2.05) is 72.8 Å². The Bertz CT molecular complexity index is 1610. The summed E-state index contributed by atoms with van der Waals surface area (Å²) in [5.74, 6) is -3.50. The molecule has 1 saturated carbocycles. The molecular formula is C34H32N2O7. The Morgan fingerprint density at radius 2 is 1.56 bits per heavy atom. The van der Waals surface area contributed by atoms with Crippen LogP contribution in [0, 0.1) is 23.7 Å². The Kier molecular flexibility index (Phi) is 7.01. The number of amides is 2. The molecule has 220 valence electrons. The van der Waals surface area contributed by atoms with Gasteiger partial charge in [0.2, 0.25) is 11.8 Å². The normalized spacial score (nSPS) is 28.0. The van der Waals surface area contributed by atoms with Crippen LogP contribution in [0.5, 0.6) is 5.75 Å². The van der Waals surface area contributed by atoms with Crippen LogP contribution in [0.1, 0.15) is 30.5 Å². The molecule has 0 spiro atoms.